The van der Waals surface area contributed by atoms with Gasteiger partial charge in [0.05, 0.1) is 12.8 Å². The zero-order valence-electron chi connectivity index (χ0n) is 12.6. The monoisotopic (exact) mass is 311 g/mol. The molecule has 0 aromatic heterocycles. The Balaban J connectivity index is 1.81. The summed E-state index contributed by atoms with van der Waals surface area (Å²) in [6, 6.07) is 5.40. The number of halogens is 1. The van der Waals surface area contributed by atoms with Crippen molar-refractivity contribution in [2.75, 3.05) is 52.2 Å². The zero-order valence-corrected chi connectivity index (χ0v) is 13.3. The number of hydrogen-bond acceptors (Lipinski definition) is 4. The van der Waals surface area contributed by atoms with Crippen molar-refractivity contribution in [3.05, 3.63) is 23.2 Å². The van der Waals surface area contributed by atoms with Crippen molar-refractivity contribution < 1.29 is 9.53 Å². The van der Waals surface area contributed by atoms with E-state index in [0.29, 0.717) is 18.0 Å². The minimum Gasteiger partial charge on any atom is -0.495 e. The number of rotatable bonds is 5. The van der Waals surface area contributed by atoms with Crippen molar-refractivity contribution in [3.8, 4) is 5.75 Å². The van der Waals surface area contributed by atoms with Gasteiger partial charge in [-0.25, -0.2) is 0 Å². The summed E-state index contributed by atoms with van der Waals surface area (Å²) < 4.78 is 5.26. The van der Waals surface area contributed by atoms with Crippen LogP contribution in [0.15, 0.2) is 18.2 Å². The number of likely N-dealkylation sites (N-methyl/N-ethyl adjacent to an activating group) is 1. The lowest BCUT2D eigenvalue weighted by molar-refractivity contribution is -0.132. The van der Waals surface area contributed by atoms with Crippen LogP contribution in [-0.2, 0) is 4.79 Å². The van der Waals surface area contributed by atoms with Crippen molar-refractivity contribution >= 4 is 23.2 Å². The third-order valence-electron chi connectivity index (χ3n) is 3.67. The predicted molar refractivity (Wildman–Crippen MR) is 85.2 cm³/mol. The van der Waals surface area contributed by atoms with Gasteiger partial charge in [-0.1, -0.05) is 11.6 Å². The molecule has 0 unspecified atom stereocenters. The summed E-state index contributed by atoms with van der Waals surface area (Å²) in [5, 5.41) is 3.86. The number of piperazine rings is 1. The minimum atomic E-state index is 0.191. The van der Waals surface area contributed by atoms with Crippen molar-refractivity contribution in [1.82, 2.24) is 9.80 Å². The Kier molecular flexibility index (Phi) is 5.70. The fraction of sp³-hybridized carbons (Fsp3) is 0.533. The van der Waals surface area contributed by atoms with Gasteiger partial charge in [-0.2, -0.15) is 0 Å². The highest BCUT2D eigenvalue weighted by Crippen LogP contribution is 2.27. The first-order chi connectivity index (χ1) is 10.1. The van der Waals surface area contributed by atoms with Crippen molar-refractivity contribution in [2.45, 2.75) is 6.42 Å². The molecule has 0 saturated carbocycles. The lowest BCUT2D eigenvalue weighted by Crippen LogP contribution is -2.47. The number of carbonyl (C=O) groups is 1. The van der Waals surface area contributed by atoms with E-state index in [9.17, 15) is 4.79 Å². The highest BCUT2D eigenvalue weighted by molar-refractivity contribution is 6.30. The lowest BCUT2D eigenvalue weighted by atomic mass is 10.2. The van der Waals surface area contributed by atoms with E-state index in [4.69, 9.17) is 16.3 Å². The predicted octanol–water partition coefficient (Wildman–Crippen LogP) is 1.92. The molecule has 5 nitrogen and oxygen atoms in total. The maximum absolute atomic E-state index is 12.1. The summed E-state index contributed by atoms with van der Waals surface area (Å²) in [6.45, 7) is 4.09. The molecule has 1 fully saturated rings. The Morgan fingerprint density at radius 1 is 1.33 bits per heavy atom. The molecule has 6 heteroatoms. The Bertz CT molecular complexity index is 488. The van der Waals surface area contributed by atoms with Gasteiger partial charge in [0.15, 0.2) is 0 Å². The number of anilines is 1. The first-order valence-electron chi connectivity index (χ1n) is 7.14. The van der Waals surface area contributed by atoms with E-state index in [0.717, 1.165) is 37.6 Å². The maximum atomic E-state index is 12.1. The van der Waals surface area contributed by atoms with E-state index in [1.165, 1.54) is 0 Å². The van der Waals surface area contributed by atoms with Crippen LogP contribution in [0.4, 0.5) is 5.69 Å². The second-order valence-electron chi connectivity index (χ2n) is 5.21. The molecular formula is C15H22ClN3O2. The molecule has 0 spiro atoms. The van der Waals surface area contributed by atoms with Gasteiger partial charge in [0.1, 0.15) is 5.75 Å². The normalized spacial score (nSPS) is 15.9. The molecule has 1 aromatic rings. The summed E-state index contributed by atoms with van der Waals surface area (Å²) in [4.78, 5) is 16.3. The fourth-order valence-electron chi connectivity index (χ4n) is 2.34. The molecule has 1 aromatic carbocycles. The van der Waals surface area contributed by atoms with Crippen LogP contribution in [0.3, 0.4) is 0 Å². The number of carbonyl (C=O) groups excluding carboxylic acids is 1. The number of nitrogens with one attached hydrogen (secondary N) is 1. The largest absolute Gasteiger partial charge is 0.495 e. The van der Waals surface area contributed by atoms with Crippen LogP contribution < -0.4 is 10.1 Å². The van der Waals surface area contributed by atoms with Crippen molar-refractivity contribution in [3.63, 3.8) is 0 Å². The average molecular weight is 312 g/mol. The third-order valence-corrected chi connectivity index (χ3v) is 3.91. The van der Waals surface area contributed by atoms with Crippen LogP contribution >= 0.6 is 11.6 Å². The Morgan fingerprint density at radius 2 is 2.05 bits per heavy atom. The molecule has 1 aliphatic rings. The molecule has 1 N–H and O–H groups in total. The molecular weight excluding hydrogens is 290 g/mol. The summed E-state index contributed by atoms with van der Waals surface area (Å²) in [7, 11) is 3.69. The number of nitrogens with zero attached hydrogens (tertiary/aromatic N) is 2. The van der Waals surface area contributed by atoms with Crippen molar-refractivity contribution in [2.24, 2.45) is 0 Å². The van der Waals surface area contributed by atoms with Gasteiger partial charge in [-0.15, -0.1) is 0 Å². The smallest absolute Gasteiger partial charge is 0.224 e. The highest BCUT2D eigenvalue weighted by atomic mass is 35.5. The molecule has 116 valence electrons. The maximum Gasteiger partial charge on any atom is 0.224 e. The number of benzene rings is 1. The van der Waals surface area contributed by atoms with Crippen LogP contribution in [0.2, 0.25) is 5.02 Å². The van der Waals surface area contributed by atoms with Gasteiger partial charge in [0.25, 0.3) is 0 Å². The molecule has 1 saturated heterocycles. The van der Waals surface area contributed by atoms with Gasteiger partial charge in [0, 0.05) is 44.2 Å². The molecule has 1 amide bonds. The molecule has 0 aliphatic carbocycles. The topological polar surface area (TPSA) is 44.8 Å². The van der Waals surface area contributed by atoms with Gasteiger partial charge in [-0.05, 0) is 25.2 Å². The average Bonchev–Trinajstić information content (AvgIpc) is 2.48. The van der Waals surface area contributed by atoms with Gasteiger partial charge in [-0.3, -0.25) is 4.79 Å². The van der Waals surface area contributed by atoms with E-state index < -0.39 is 0 Å². The number of methoxy groups -OCH3 is 1. The Morgan fingerprint density at radius 3 is 2.71 bits per heavy atom. The van der Waals surface area contributed by atoms with E-state index >= 15 is 0 Å². The Labute approximate surface area is 130 Å². The molecule has 0 bridgehead atoms. The van der Waals surface area contributed by atoms with Crippen LogP contribution in [0.1, 0.15) is 6.42 Å². The lowest BCUT2D eigenvalue weighted by Gasteiger charge is -2.32. The standard InChI is InChI=1S/C15H22ClN3O2/c1-18-7-9-19(10-8-18)15(20)5-6-17-13-11-12(16)3-4-14(13)21-2/h3-4,11,17H,5-10H2,1-2H3. The molecule has 21 heavy (non-hydrogen) atoms. The van der Waals surface area contributed by atoms with E-state index in [-0.39, 0.29) is 5.91 Å². The van der Waals surface area contributed by atoms with E-state index in [1.54, 1.807) is 19.2 Å². The van der Waals surface area contributed by atoms with E-state index in [2.05, 4.69) is 17.3 Å². The number of hydrogen-bond donors (Lipinski definition) is 1. The minimum absolute atomic E-state index is 0.191. The molecule has 2 rings (SSSR count). The molecule has 1 heterocycles. The summed E-state index contributed by atoms with van der Waals surface area (Å²) >= 11 is 5.98. The van der Waals surface area contributed by atoms with Crippen molar-refractivity contribution in [1.29, 1.82) is 0 Å². The van der Waals surface area contributed by atoms with Crippen LogP contribution in [0.5, 0.6) is 5.75 Å². The second kappa shape index (κ2) is 7.52. The van der Waals surface area contributed by atoms with Gasteiger partial charge >= 0.3 is 0 Å². The first kappa shape index (κ1) is 15.9. The number of ether oxygens (including phenoxy) is 1. The quantitative estimate of drug-likeness (QED) is 0.902. The Hall–Kier alpha value is -1.46. The van der Waals surface area contributed by atoms with Crippen LogP contribution in [-0.4, -0.2) is 62.6 Å². The van der Waals surface area contributed by atoms with E-state index in [1.807, 2.05) is 11.0 Å². The van der Waals surface area contributed by atoms with Gasteiger partial charge < -0.3 is 19.9 Å². The third kappa shape index (κ3) is 4.51. The molecule has 0 radical (unpaired) electrons. The van der Waals surface area contributed by atoms with Crippen LogP contribution in [0, 0.1) is 0 Å². The SMILES string of the molecule is COc1ccc(Cl)cc1NCCC(=O)N1CCN(C)CC1. The van der Waals surface area contributed by atoms with Gasteiger partial charge in [0.2, 0.25) is 5.91 Å². The number of amides is 1. The van der Waals surface area contributed by atoms with Crippen LogP contribution in [0.25, 0.3) is 0 Å². The molecule has 0 atom stereocenters. The summed E-state index contributed by atoms with van der Waals surface area (Å²) in [5.74, 6) is 0.919. The highest BCUT2D eigenvalue weighted by Gasteiger charge is 2.18. The summed E-state index contributed by atoms with van der Waals surface area (Å²) in [5.41, 5.74) is 0.816. The first-order valence-corrected chi connectivity index (χ1v) is 7.51. The second-order valence-corrected chi connectivity index (χ2v) is 5.64. The summed E-state index contributed by atoms with van der Waals surface area (Å²) in [6.07, 6.45) is 0.472. The molecule has 1 aliphatic heterocycles. The zero-order chi connectivity index (χ0) is 15.2. The fourth-order valence-corrected chi connectivity index (χ4v) is 2.51.